The minimum atomic E-state index is 0.514. The predicted octanol–water partition coefficient (Wildman–Crippen LogP) is 6.24. The van der Waals surface area contributed by atoms with Crippen LogP contribution in [-0.4, -0.2) is 6.61 Å². The summed E-state index contributed by atoms with van der Waals surface area (Å²) in [6.45, 7) is 5.75. The van der Waals surface area contributed by atoms with Crippen molar-refractivity contribution in [2.24, 2.45) is 0 Å². The van der Waals surface area contributed by atoms with Crippen molar-refractivity contribution in [3.8, 4) is 11.5 Å². The van der Waals surface area contributed by atoms with Gasteiger partial charge in [0.25, 0.3) is 0 Å². The van der Waals surface area contributed by atoms with Crippen LogP contribution in [0.1, 0.15) is 23.6 Å². The minimum Gasteiger partial charge on any atom is -0.490 e. The first-order chi connectivity index (χ1) is 13.2. The number of rotatable bonds is 8. The van der Waals surface area contributed by atoms with Crippen molar-refractivity contribution in [1.82, 2.24) is 0 Å². The number of nitrogens with one attached hydrogen (secondary N) is 1. The second kappa shape index (κ2) is 9.33. The number of hydrogen-bond donors (Lipinski definition) is 1. The Morgan fingerprint density at radius 2 is 1.67 bits per heavy atom. The maximum atomic E-state index is 6.19. The Bertz CT molecular complexity index is 881. The third-order valence-electron chi connectivity index (χ3n) is 4.21. The van der Waals surface area contributed by atoms with Gasteiger partial charge in [-0.05, 0) is 54.8 Å². The summed E-state index contributed by atoms with van der Waals surface area (Å²) in [6, 6.07) is 22.1. The van der Waals surface area contributed by atoms with Gasteiger partial charge in [0.15, 0.2) is 11.5 Å². The molecule has 0 aromatic heterocycles. The summed E-state index contributed by atoms with van der Waals surface area (Å²) in [7, 11) is 0. The summed E-state index contributed by atoms with van der Waals surface area (Å²) in [6.07, 6.45) is 0. The van der Waals surface area contributed by atoms with E-state index in [2.05, 4.69) is 5.32 Å². The lowest BCUT2D eigenvalue weighted by molar-refractivity contribution is 0.269. The molecular formula is C23H24ClNO2. The number of benzene rings is 3. The van der Waals surface area contributed by atoms with Gasteiger partial charge in [-0.15, -0.1) is 0 Å². The Kier molecular flexibility index (Phi) is 6.61. The molecule has 3 aromatic carbocycles. The van der Waals surface area contributed by atoms with Crippen molar-refractivity contribution in [1.29, 1.82) is 0 Å². The fourth-order valence-corrected chi connectivity index (χ4v) is 2.87. The molecule has 3 aromatic rings. The first kappa shape index (κ1) is 19.1. The summed E-state index contributed by atoms with van der Waals surface area (Å²) in [4.78, 5) is 0. The van der Waals surface area contributed by atoms with Crippen LogP contribution in [0.4, 0.5) is 5.69 Å². The normalized spacial score (nSPS) is 10.5. The average Bonchev–Trinajstić information content (AvgIpc) is 2.69. The Labute approximate surface area is 165 Å². The van der Waals surface area contributed by atoms with Gasteiger partial charge in [0.05, 0.1) is 6.61 Å². The highest BCUT2D eigenvalue weighted by Crippen LogP contribution is 2.30. The van der Waals surface area contributed by atoms with Crippen LogP contribution in [0.5, 0.6) is 11.5 Å². The van der Waals surface area contributed by atoms with Crippen molar-refractivity contribution in [3.05, 3.63) is 88.4 Å². The molecule has 0 atom stereocenters. The monoisotopic (exact) mass is 381 g/mol. The van der Waals surface area contributed by atoms with Crippen molar-refractivity contribution in [2.75, 3.05) is 11.9 Å². The zero-order valence-corrected chi connectivity index (χ0v) is 16.4. The lowest BCUT2D eigenvalue weighted by Crippen LogP contribution is -2.03. The lowest BCUT2D eigenvalue weighted by Gasteiger charge is -2.14. The molecule has 3 rings (SSSR count). The second-order valence-electron chi connectivity index (χ2n) is 6.31. The van der Waals surface area contributed by atoms with Crippen molar-refractivity contribution in [3.63, 3.8) is 0 Å². The van der Waals surface area contributed by atoms with Crippen LogP contribution in [-0.2, 0) is 13.2 Å². The lowest BCUT2D eigenvalue weighted by atomic mass is 10.1. The zero-order valence-electron chi connectivity index (χ0n) is 15.7. The molecule has 0 saturated carbocycles. The van der Waals surface area contributed by atoms with Gasteiger partial charge in [-0.2, -0.15) is 0 Å². The molecule has 0 fully saturated rings. The Hall–Kier alpha value is -2.65. The predicted molar refractivity (Wildman–Crippen MR) is 112 cm³/mol. The smallest absolute Gasteiger partial charge is 0.161 e. The molecule has 0 bridgehead atoms. The molecular weight excluding hydrogens is 358 g/mol. The second-order valence-corrected chi connectivity index (χ2v) is 6.71. The zero-order chi connectivity index (χ0) is 19.1. The van der Waals surface area contributed by atoms with Crippen molar-refractivity contribution >= 4 is 17.3 Å². The third kappa shape index (κ3) is 5.41. The van der Waals surface area contributed by atoms with Gasteiger partial charge < -0.3 is 14.8 Å². The van der Waals surface area contributed by atoms with Crippen LogP contribution < -0.4 is 14.8 Å². The van der Waals surface area contributed by atoms with Crippen molar-refractivity contribution in [2.45, 2.75) is 27.0 Å². The Morgan fingerprint density at radius 3 is 2.41 bits per heavy atom. The molecule has 0 saturated heterocycles. The Morgan fingerprint density at radius 1 is 0.852 bits per heavy atom. The highest BCUT2D eigenvalue weighted by atomic mass is 35.5. The summed E-state index contributed by atoms with van der Waals surface area (Å²) >= 11 is 6.19. The van der Waals surface area contributed by atoms with E-state index in [0.717, 1.165) is 38.9 Å². The molecule has 0 radical (unpaired) electrons. The van der Waals surface area contributed by atoms with Crippen molar-refractivity contribution < 1.29 is 9.47 Å². The standard InChI is InChI=1S/C23H24ClNO2/c1-3-26-23-13-19(15-25-20-11-9-17(2)21(24)14-20)10-12-22(23)27-16-18-7-5-4-6-8-18/h4-14,25H,3,15-16H2,1-2H3. The van der Waals surface area contributed by atoms with E-state index in [4.69, 9.17) is 21.1 Å². The minimum absolute atomic E-state index is 0.514. The van der Waals surface area contributed by atoms with E-state index in [1.54, 1.807) is 0 Å². The van der Waals surface area contributed by atoms with Crippen LogP contribution in [0.3, 0.4) is 0 Å². The number of aryl methyl sites for hydroxylation is 1. The first-order valence-electron chi connectivity index (χ1n) is 9.08. The van der Waals surface area contributed by atoms with Crippen LogP contribution in [0, 0.1) is 6.92 Å². The molecule has 0 aliphatic carbocycles. The highest BCUT2D eigenvalue weighted by molar-refractivity contribution is 6.31. The molecule has 140 valence electrons. The molecule has 1 N–H and O–H groups in total. The first-order valence-corrected chi connectivity index (χ1v) is 9.46. The topological polar surface area (TPSA) is 30.5 Å². The summed E-state index contributed by atoms with van der Waals surface area (Å²) in [5, 5.41) is 4.16. The summed E-state index contributed by atoms with van der Waals surface area (Å²) in [5.41, 5.74) is 4.30. The fourth-order valence-electron chi connectivity index (χ4n) is 2.69. The van der Waals surface area contributed by atoms with Gasteiger partial charge in [0.2, 0.25) is 0 Å². The highest BCUT2D eigenvalue weighted by Gasteiger charge is 2.07. The van der Waals surface area contributed by atoms with E-state index >= 15 is 0 Å². The molecule has 0 aliphatic rings. The van der Waals surface area contributed by atoms with Crippen LogP contribution >= 0.6 is 11.6 Å². The number of anilines is 1. The SMILES string of the molecule is CCOc1cc(CNc2ccc(C)c(Cl)c2)ccc1OCc1ccccc1. The van der Waals surface area contributed by atoms with Gasteiger partial charge >= 0.3 is 0 Å². The molecule has 0 heterocycles. The molecule has 0 aliphatic heterocycles. The molecule has 0 unspecified atom stereocenters. The number of halogens is 1. The third-order valence-corrected chi connectivity index (χ3v) is 4.62. The fraction of sp³-hybridized carbons (Fsp3) is 0.217. The Balaban J connectivity index is 1.67. The van der Waals surface area contributed by atoms with E-state index < -0.39 is 0 Å². The van der Waals surface area contributed by atoms with Gasteiger partial charge in [0.1, 0.15) is 6.61 Å². The van der Waals surface area contributed by atoms with E-state index in [1.165, 1.54) is 0 Å². The maximum Gasteiger partial charge on any atom is 0.161 e. The van der Waals surface area contributed by atoms with E-state index in [1.807, 2.05) is 80.6 Å². The average molecular weight is 382 g/mol. The largest absolute Gasteiger partial charge is 0.490 e. The van der Waals surface area contributed by atoms with Crippen LogP contribution in [0.15, 0.2) is 66.7 Å². The quantitative estimate of drug-likeness (QED) is 0.501. The summed E-state index contributed by atoms with van der Waals surface area (Å²) < 4.78 is 11.7. The van der Waals surface area contributed by atoms with E-state index in [0.29, 0.717) is 19.8 Å². The van der Waals surface area contributed by atoms with Crippen LogP contribution in [0.25, 0.3) is 0 Å². The molecule has 4 heteroatoms. The molecule has 0 amide bonds. The van der Waals surface area contributed by atoms with Gasteiger partial charge in [-0.25, -0.2) is 0 Å². The molecule has 27 heavy (non-hydrogen) atoms. The number of hydrogen-bond acceptors (Lipinski definition) is 3. The number of ether oxygens (including phenoxy) is 2. The van der Waals surface area contributed by atoms with E-state index in [9.17, 15) is 0 Å². The van der Waals surface area contributed by atoms with Gasteiger partial charge in [0, 0.05) is 17.3 Å². The van der Waals surface area contributed by atoms with Gasteiger partial charge in [-0.3, -0.25) is 0 Å². The molecule has 0 spiro atoms. The van der Waals surface area contributed by atoms with E-state index in [-0.39, 0.29) is 0 Å². The maximum absolute atomic E-state index is 6.19. The van der Waals surface area contributed by atoms with Gasteiger partial charge in [-0.1, -0.05) is 54.1 Å². The summed E-state index contributed by atoms with van der Waals surface area (Å²) in [5.74, 6) is 1.51. The van der Waals surface area contributed by atoms with Crippen LogP contribution in [0.2, 0.25) is 5.02 Å². The molecule has 3 nitrogen and oxygen atoms in total.